The number of hydrogen-bond donors (Lipinski definition) is 1. The largest absolute Gasteiger partial charge is 0.351 e. The minimum Gasteiger partial charge on any atom is -0.351 e. The molecule has 2 aromatic heterocycles. The summed E-state index contributed by atoms with van der Waals surface area (Å²) in [6.07, 6.45) is 1.84. The molecule has 5 rings (SSSR count). The number of aromatic nitrogens is 2. The Bertz CT molecular complexity index is 1410. The van der Waals surface area contributed by atoms with Gasteiger partial charge < -0.3 is 14.8 Å². The van der Waals surface area contributed by atoms with Gasteiger partial charge in [-0.1, -0.05) is 49.7 Å². The van der Waals surface area contributed by atoms with E-state index in [4.69, 9.17) is 28.8 Å². The molecule has 0 aliphatic carbocycles. The molecular formula is C30H31ClN4S. The highest BCUT2D eigenvalue weighted by Crippen LogP contribution is 2.44. The monoisotopic (exact) mass is 514 g/mol. The number of benzene rings is 2. The summed E-state index contributed by atoms with van der Waals surface area (Å²) in [5.41, 5.74) is 9.04. The van der Waals surface area contributed by atoms with Gasteiger partial charge in [0.1, 0.15) is 0 Å². The molecule has 2 atom stereocenters. The normalized spacial score (nSPS) is 17.6. The number of hydrogen-bond acceptors (Lipinski definition) is 2. The van der Waals surface area contributed by atoms with E-state index in [-0.39, 0.29) is 12.1 Å². The molecule has 0 saturated carbocycles. The minimum atomic E-state index is -0.0853. The molecule has 3 heterocycles. The van der Waals surface area contributed by atoms with Crippen LogP contribution in [0.5, 0.6) is 0 Å². The molecule has 0 radical (unpaired) electrons. The summed E-state index contributed by atoms with van der Waals surface area (Å²) in [5, 5.41) is 5.06. The number of rotatable bonds is 5. The molecule has 1 N–H and O–H groups in total. The molecule has 0 spiro atoms. The van der Waals surface area contributed by atoms with Crippen molar-refractivity contribution in [3.05, 3.63) is 112 Å². The SMILES string of the molecule is Cc1c(Cl)cccc1-n1c(C)cc([C@@H]2[C@@H](c3ccccn3)NC(=S)N2c2ccc(C(C)C)cc2)c1C. The molecule has 1 saturated heterocycles. The van der Waals surface area contributed by atoms with Gasteiger partial charge in [-0.25, -0.2) is 0 Å². The quantitative estimate of drug-likeness (QED) is 0.276. The lowest BCUT2D eigenvalue weighted by atomic mass is 9.96. The first kappa shape index (κ1) is 24.5. The molecule has 184 valence electrons. The Morgan fingerprint density at radius 2 is 1.72 bits per heavy atom. The molecule has 6 heteroatoms. The second-order valence-electron chi connectivity index (χ2n) is 9.79. The Hall–Kier alpha value is -3.15. The Balaban J connectivity index is 1.68. The van der Waals surface area contributed by atoms with Gasteiger partial charge in [-0.2, -0.15) is 0 Å². The second kappa shape index (κ2) is 9.72. The standard InChI is InChI=1S/C30H31ClN4S/c1-18(2)22-12-14-23(15-13-22)35-29(28(33-30(35)36)26-10-6-7-16-32-26)24-17-19(3)34(21(24)5)27-11-8-9-25(31)20(27)4/h6-18,28-29H,1-5H3,(H,33,36)/t28-,29-/m1/s1. The Kier molecular flexibility index (Phi) is 6.62. The van der Waals surface area contributed by atoms with E-state index in [0.717, 1.165) is 33.3 Å². The van der Waals surface area contributed by atoms with Crippen LogP contribution in [0.4, 0.5) is 5.69 Å². The Labute approximate surface area is 223 Å². The molecule has 0 amide bonds. The number of halogens is 1. The molecular weight excluding hydrogens is 484 g/mol. The second-order valence-corrected chi connectivity index (χ2v) is 10.6. The summed E-state index contributed by atoms with van der Waals surface area (Å²) < 4.78 is 2.30. The van der Waals surface area contributed by atoms with Crippen LogP contribution in [0, 0.1) is 20.8 Å². The van der Waals surface area contributed by atoms with E-state index in [9.17, 15) is 0 Å². The molecule has 1 aliphatic heterocycles. The Morgan fingerprint density at radius 1 is 0.972 bits per heavy atom. The predicted molar refractivity (Wildman–Crippen MR) is 153 cm³/mol. The van der Waals surface area contributed by atoms with Crippen molar-refractivity contribution < 1.29 is 0 Å². The van der Waals surface area contributed by atoms with Crippen molar-refractivity contribution in [2.24, 2.45) is 0 Å². The van der Waals surface area contributed by atoms with Gasteiger partial charge in [-0.05, 0) is 98.1 Å². The maximum absolute atomic E-state index is 6.51. The van der Waals surface area contributed by atoms with Gasteiger partial charge in [-0.3, -0.25) is 4.98 Å². The van der Waals surface area contributed by atoms with Crippen LogP contribution in [0.3, 0.4) is 0 Å². The first-order valence-corrected chi connectivity index (χ1v) is 13.1. The highest BCUT2D eigenvalue weighted by Gasteiger charge is 2.42. The number of anilines is 1. The maximum atomic E-state index is 6.51. The van der Waals surface area contributed by atoms with Crippen molar-refractivity contribution in [2.75, 3.05) is 4.90 Å². The van der Waals surface area contributed by atoms with Gasteiger partial charge in [0.05, 0.1) is 17.8 Å². The van der Waals surface area contributed by atoms with E-state index >= 15 is 0 Å². The number of thiocarbonyl (C=S) groups is 1. The average molecular weight is 515 g/mol. The minimum absolute atomic E-state index is 0.0586. The van der Waals surface area contributed by atoms with E-state index in [0.29, 0.717) is 11.0 Å². The summed E-state index contributed by atoms with van der Waals surface area (Å²) in [7, 11) is 0. The number of nitrogens with one attached hydrogen (secondary N) is 1. The molecule has 36 heavy (non-hydrogen) atoms. The van der Waals surface area contributed by atoms with Crippen LogP contribution < -0.4 is 10.2 Å². The van der Waals surface area contributed by atoms with Crippen LogP contribution in [0.1, 0.15) is 65.6 Å². The zero-order chi connectivity index (χ0) is 25.6. The molecule has 2 aromatic carbocycles. The third kappa shape index (κ3) is 4.21. The Morgan fingerprint density at radius 3 is 2.39 bits per heavy atom. The first-order valence-electron chi connectivity index (χ1n) is 12.3. The third-order valence-corrected chi connectivity index (χ3v) is 7.93. The fraction of sp³-hybridized carbons (Fsp3) is 0.267. The zero-order valence-corrected chi connectivity index (χ0v) is 22.9. The van der Waals surface area contributed by atoms with Crippen molar-refractivity contribution in [1.29, 1.82) is 0 Å². The molecule has 0 unspecified atom stereocenters. The zero-order valence-electron chi connectivity index (χ0n) is 21.3. The van der Waals surface area contributed by atoms with Gasteiger partial charge in [0.2, 0.25) is 0 Å². The van der Waals surface area contributed by atoms with E-state index in [1.54, 1.807) is 0 Å². The van der Waals surface area contributed by atoms with E-state index < -0.39 is 0 Å². The lowest BCUT2D eigenvalue weighted by molar-refractivity contribution is 0.565. The maximum Gasteiger partial charge on any atom is 0.174 e. The third-order valence-electron chi connectivity index (χ3n) is 7.20. The van der Waals surface area contributed by atoms with Crippen molar-refractivity contribution in [1.82, 2.24) is 14.9 Å². The topological polar surface area (TPSA) is 33.1 Å². The molecule has 0 bridgehead atoms. The van der Waals surface area contributed by atoms with Crippen LogP contribution in [0.15, 0.2) is 72.9 Å². The lowest BCUT2D eigenvalue weighted by Crippen LogP contribution is -2.29. The first-order chi connectivity index (χ1) is 17.3. The summed E-state index contributed by atoms with van der Waals surface area (Å²) >= 11 is 12.4. The summed E-state index contributed by atoms with van der Waals surface area (Å²) in [6, 6.07) is 23.0. The summed E-state index contributed by atoms with van der Waals surface area (Å²) in [5.74, 6) is 0.472. The highest BCUT2D eigenvalue weighted by atomic mass is 35.5. The molecule has 1 fully saturated rings. The van der Waals surface area contributed by atoms with Gasteiger partial charge in [0.15, 0.2) is 5.11 Å². The molecule has 4 aromatic rings. The van der Waals surface area contributed by atoms with E-state index in [1.165, 1.54) is 16.8 Å². The van der Waals surface area contributed by atoms with E-state index in [2.05, 4.69) is 91.9 Å². The van der Waals surface area contributed by atoms with Crippen molar-refractivity contribution in [3.8, 4) is 5.69 Å². The number of pyridine rings is 1. The molecule has 1 aliphatic rings. The smallest absolute Gasteiger partial charge is 0.174 e. The average Bonchev–Trinajstić information content (AvgIpc) is 3.36. The summed E-state index contributed by atoms with van der Waals surface area (Å²) in [6.45, 7) is 10.8. The van der Waals surface area contributed by atoms with Crippen LogP contribution in [-0.2, 0) is 0 Å². The van der Waals surface area contributed by atoms with Crippen LogP contribution >= 0.6 is 23.8 Å². The van der Waals surface area contributed by atoms with Crippen LogP contribution in [0.25, 0.3) is 5.69 Å². The van der Waals surface area contributed by atoms with Crippen molar-refractivity contribution in [2.45, 2.75) is 52.6 Å². The van der Waals surface area contributed by atoms with Gasteiger partial charge in [0.25, 0.3) is 0 Å². The fourth-order valence-corrected chi connectivity index (χ4v) is 5.78. The van der Waals surface area contributed by atoms with Crippen molar-refractivity contribution in [3.63, 3.8) is 0 Å². The predicted octanol–water partition coefficient (Wildman–Crippen LogP) is 7.75. The fourth-order valence-electron chi connectivity index (χ4n) is 5.26. The summed E-state index contributed by atoms with van der Waals surface area (Å²) in [4.78, 5) is 6.95. The van der Waals surface area contributed by atoms with Crippen molar-refractivity contribution >= 4 is 34.6 Å². The highest BCUT2D eigenvalue weighted by molar-refractivity contribution is 7.80. The van der Waals surface area contributed by atoms with Crippen LogP contribution in [-0.4, -0.2) is 14.7 Å². The van der Waals surface area contributed by atoms with Gasteiger partial charge >= 0.3 is 0 Å². The van der Waals surface area contributed by atoms with E-state index in [1.807, 2.05) is 30.5 Å². The van der Waals surface area contributed by atoms with Gasteiger partial charge in [0, 0.05) is 34.0 Å². The number of aryl methyl sites for hydroxylation is 1. The van der Waals surface area contributed by atoms with Gasteiger partial charge in [-0.15, -0.1) is 0 Å². The number of nitrogens with zero attached hydrogens (tertiary/aromatic N) is 3. The van der Waals surface area contributed by atoms with Crippen LogP contribution in [0.2, 0.25) is 5.02 Å². The molecule has 4 nitrogen and oxygen atoms in total. The lowest BCUT2D eigenvalue weighted by Gasteiger charge is -2.28.